The van der Waals surface area contributed by atoms with Gasteiger partial charge in [0, 0.05) is 23.6 Å². The van der Waals surface area contributed by atoms with Gasteiger partial charge in [-0.15, -0.1) is 0 Å². The number of benzene rings is 1. The van der Waals surface area contributed by atoms with Crippen LogP contribution in [0.3, 0.4) is 0 Å². The molecular weight excluding hydrogens is 273 g/mol. The summed E-state index contributed by atoms with van der Waals surface area (Å²) in [7, 11) is -3.72. The zero-order chi connectivity index (χ0) is 14.2. The first kappa shape index (κ1) is 13.5. The molecule has 3 rings (SSSR count). The molecule has 4 nitrogen and oxygen atoms in total. The lowest BCUT2D eigenvalue weighted by Gasteiger charge is -2.23. The Labute approximate surface area is 117 Å². The predicted molar refractivity (Wildman–Crippen MR) is 76.7 cm³/mol. The third-order valence-electron chi connectivity index (χ3n) is 3.89. The number of aromatic nitrogens is 1. The average Bonchev–Trinajstić information content (AvgIpc) is 2.92. The van der Waals surface area contributed by atoms with E-state index in [0.29, 0.717) is 18.4 Å². The van der Waals surface area contributed by atoms with Crippen molar-refractivity contribution in [2.24, 2.45) is 0 Å². The maximum Gasteiger partial charge on any atom is 0.236 e. The molecule has 20 heavy (non-hydrogen) atoms. The molecule has 0 saturated heterocycles. The van der Waals surface area contributed by atoms with Crippen LogP contribution in [0.2, 0.25) is 0 Å². The number of hydrogen-bond donors (Lipinski definition) is 2. The summed E-state index contributed by atoms with van der Waals surface area (Å²) in [5, 5.41) is 10.2. The zero-order valence-electron chi connectivity index (χ0n) is 10.9. The molecule has 0 aliphatic heterocycles. The first-order chi connectivity index (χ1) is 9.59. The molecule has 2 atom stereocenters. The molecular formula is C15H16NO3P. The van der Waals surface area contributed by atoms with Crippen molar-refractivity contribution < 1.29 is 14.6 Å². The Balaban J connectivity index is 1.86. The van der Waals surface area contributed by atoms with E-state index in [2.05, 4.69) is 4.98 Å². The van der Waals surface area contributed by atoms with Crippen LogP contribution in [0.4, 0.5) is 0 Å². The fourth-order valence-corrected chi connectivity index (χ4v) is 4.64. The second-order valence-corrected chi connectivity index (χ2v) is 7.73. The predicted octanol–water partition coefficient (Wildman–Crippen LogP) is 2.51. The van der Waals surface area contributed by atoms with E-state index >= 15 is 0 Å². The van der Waals surface area contributed by atoms with Crippen LogP contribution in [-0.4, -0.2) is 20.6 Å². The van der Waals surface area contributed by atoms with Crippen molar-refractivity contribution in [2.45, 2.75) is 24.3 Å². The lowest BCUT2D eigenvalue weighted by molar-refractivity contribution is 0.231. The summed E-state index contributed by atoms with van der Waals surface area (Å²) in [6.07, 6.45) is 4.10. The lowest BCUT2D eigenvalue weighted by Crippen LogP contribution is -2.14. The number of rotatable bonds is 3. The highest BCUT2D eigenvalue weighted by Gasteiger charge is 2.42. The van der Waals surface area contributed by atoms with Gasteiger partial charge in [0.1, 0.15) is 0 Å². The van der Waals surface area contributed by atoms with Crippen molar-refractivity contribution in [2.75, 3.05) is 0 Å². The molecule has 0 saturated carbocycles. The highest BCUT2D eigenvalue weighted by Crippen LogP contribution is 2.60. The van der Waals surface area contributed by atoms with Crippen LogP contribution in [0, 0.1) is 0 Å². The van der Waals surface area contributed by atoms with Crippen molar-refractivity contribution >= 4 is 7.37 Å². The molecule has 1 aliphatic rings. The molecule has 1 heterocycles. The molecule has 1 aliphatic carbocycles. The van der Waals surface area contributed by atoms with Crippen LogP contribution in [-0.2, 0) is 17.4 Å². The Bertz CT molecular complexity index is 634. The zero-order valence-corrected chi connectivity index (χ0v) is 11.8. The molecule has 0 bridgehead atoms. The smallest absolute Gasteiger partial charge is 0.236 e. The minimum atomic E-state index is -3.72. The van der Waals surface area contributed by atoms with E-state index < -0.39 is 18.9 Å². The Morgan fingerprint density at radius 1 is 1.15 bits per heavy atom. The van der Waals surface area contributed by atoms with Gasteiger partial charge in [0.25, 0.3) is 0 Å². The van der Waals surface area contributed by atoms with E-state index in [-0.39, 0.29) is 0 Å². The molecule has 0 spiro atoms. The van der Waals surface area contributed by atoms with Crippen molar-refractivity contribution in [1.29, 1.82) is 0 Å². The number of hydrogen-bond acceptors (Lipinski definition) is 3. The second kappa shape index (κ2) is 5.13. The molecule has 0 amide bonds. The number of aliphatic hydroxyl groups excluding tert-OH is 1. The van der Waals surface area contributed by atoms with Gasteiger partial charge in [0.2, 0.25) is 7.37 Å². The molecule has 1 aromatic heterocycles. The molecule has 5 heteroatoms. The molecule has 2 aromatic rings. The quantitative estimate of drug-likeness (QED) is 0.852. The Kier molecular flexibility index (Phi) is 3.47. The van der Waals surface area contributed by atoms with Gasteiger partial charge in [0.15, 0.2) is 5.85 Å². The molecule has 1 unspecified atom stereocenters. The topological polar surface area (TPSA) is 70.4 Å². The molecule has 104 valence electrons. The van der Waals surface area contributed by atoms with Crippen molar-refractivity contribution in [1.82, 2.24) is 4.98 Å². The fourth-order valence-electron chi connectivity index (χ4n) is 2.74. The summed E-state index contributed by atoms with van der Waals surface area (Å²) in [6, 6.07) is 11.1. The monoisotopic (exact) mass is 289 g/mol. The van der Waals surface area contributed by atoms with Gasteiger partial charge < -0.3 is 10.00 Å². The standard InChI is InChI=1S/C15H16NO3P/c17-15(13-6-3-7-16-10-13)20(18,19)14-8-11-4-1-2-5-12(11)9-14/h1-7,10,14-15,17H,8-9H2,(H,18,19)/t15-/m0/s1. The van der Waals surface area contributed by atoms with E-state index in [4.69, 9.17) is 0 Å². The van der Waals surface area contributed by atoms with Crippen LogP contribution in [0.1, 0.15) is 22.5 Å². The van der Waals surface area contributed by atoms with Gasteiger partial charge in [-0.2, -0.15) is 0 Å². The summed E-state index contributed by atoms with van der Waals surface area (Å²) < 4.78 is 12.7. The van der Waals surface area contributed by atoms with E-state index in [0.717, 1.165) is 11.1 Å². The van der Waals surface area contributed by atoms with E-state index in [9.17, 15) is 14.6 Å². The Morgan fingerprint density at radius 2 is 1.80 bits per heavy atom. The summed E-state index contributed by atoms with van der Waals surface area (Å²) in [5.41, 5.74) is 2.18. The van der Waals surface area contributed by atoms with Crippen LogP contribution >= 0.6 is 7.37 Å². The first-order valence-corrected chi connectivity index (χ1v) is 8.36. The highest BCUT2D eigenvalue weighted by molar-refractivity contribution is 7.58. The Hall–Kier alpha value is -1.48. The van der Waals surface area contributed by atoms with Crippen LogP contribution in [0.5, 0.6) is 0 Å². The van der Waals surface area contributed by atoms with E-state index in [1.165, 1.54) is 6.20 Å². The number of nitrogens with zero attached hydrogens (tertiary/aromatic N) is 1. The van der Waals surface area contributed by atoms with Crippen LogP contribution < -0.4 is 0 Å². The van der Waals surface area contributed by atoms with Crippen molar-refractivity contribution in [3.05, 3.63) is 65.5 Å². The van der Waals surface area contributed by atoms with E-state index in [1.807, 2.05) is 24.3 Å². The summed E-state index contributed by atoms with van der Waals surface area (Å²) in [4.78, 5) is 14.3. The summed E-state index contributed by atoms with van der Waals surface area (Å²) >= 11 is 0. The van der Waals surface area contributed by atoms with Gasteiger partial charge in [-0.1, -0.05) is 30.3 Å². The van der Waals surface area contributed by atoms with Gasteiger partial charge >= 0.3 is 0 Å². The SMILES string of the molecule is O=P(O)(C1Cc2ccccc2C1)[C@H](O)c1cccnc1. The van der Waals surface area contributed by atoms with Gasteiger partial charge in [-0.3, -0.25) is 9.55 Å². The number of pyridine rings is 1. The van der Waals surface area contributed by atoms with E-state index in [1.54, 1.807) is 18.3 Å². The van der Waals surface area contributed by atoms with Crippen molar-refractivity contribution in [3.63, 3.8) is 0 Å². The highest BCUT2D eigenvalue weighted by atomic mass is 31.2. The van der Waals surface area contributed by atoms with Crippen LogP contribution in [0.25, 0.3) is 0 Å². The summed E-state index contributed by atoms with van der Waals surface area (Å²) in [5.74, 6) is -1.37. The number of fused-ring (bicyclic) bond motifs is 1. The van der Waals surface area contributed by atoms with Crippen molar-refractivity contribution in [3.8, 4) is 0 Å². The third kappa shape index (κ3) is 2.31. The fraction of sp³-hybridized carbons (Fsp3) is 0.267. The van der Waals surface area contributed by atoms with Gasteiger partial charge in [0.05, 0.1) is 0 Å². The minimum Gasteiger partial charge on any atom is -0.378 e. The largest absolute Gasteiger partial charge is 0.378 e. The van der Waals surface area contributed by atoms with Gasteiger partial charge in [-0.25, -0.2) is 0 Å². The number of aliphatic hydroxyl groups is 1. The average molecular weight is 289 g/mol. The molecule has 0 fully saturated rings. The van der Waals surface area contributed by atoms with Gasteiger partial charge in [-0.05, 0) is 30.0 Å². The lowest BCUT2D eigenvalue weighted by atomic mass is 10.1. The molecule has 0 radical (unpaired) electrons. The minimum absolute atomic E-state index is 0.397. The Morgan fingerprint density at radius 3 is 2.35 bits per heavy atom. The maximum absolute atomic E-state index is 12.7. The first-order valence-electron chi connectivity index (χ1n) is 6.56. The molecule has 2 N–H and O–H groups in total. The van der Waals surface area contributed by atoms with Crippen LogP contribution in [0.15, 0.2) is 48.8 Å². The normalized spacial score (nSPS) is 19.3. The third-order valence-corrected chi connectivity index (χ3v) is 6.30. The molecule has 1 aromatic carbocycles. The maximum atomic E-state index is 12.7. The summed E-state index contributed by atoms with van der Waals surface area (Å²) in [6.45, 7) is 0. The second-order valence-electron chi connectivity index (χ2n) is 5.16.